The highest BCUT2D eigenvalue weighted by atomic mass is 19.4. The summed E-state index contributed by atoms with van der Waals surface area (Å²) in [6.07, 6.45) is -3.56. The van der Waals surface area contributed by atoms with Gasteiger partial charge in [0.25, 0.3) is 5.91 Å². The highest BCUT2D eigenvalue weighted by Crippen LogP contribution is 2.29. The van der Waals surface area contributed by atoms with E-state index in [4.69, 9.17) is 4.74 Å². The molecule has 0 saturated heterocycles. The highest BCUT2D eigenvalue weighted by Gasteiger charge is 2.31. The van der Waals surface area contributed by atoms with Gasteiger partial charge in [-0.25, -0.2) is 4.79 Å². The van der Waals surface area contributed by atoms with E-state index in [9.17, 15) is 22.8 Å². The Bertz CT molecular complexity index is 801. The van der Waals surface area contributed by atoms with Crippen molar-refractivity contribution >= 4 is 17.6 Å². The molecule has 2 rings (SSSR count). The van der Waals surface area contributed by atoms with E-state index in [1.165, 1.54) is 6.07 Å². The number of rotatable bonds is 6. The summed E-state index contributed by atoms with van der Waals surface area (Å²) in [5.41, 5.74) is 0.465. The van der Waals surface area contributed by atoms with Crippen LogP contribution in [0.5, 0.6) is 0 Å². The van der Waals surface area contributed by atoms with Gasteiger partial charge in [0.2, 0.25) is 0 Å². The molecule has 4 nitrogen and oxygen atoms in total. The molecule has 0 radical (unpaired) electrons. The summed E-state index contributed by atoms with van der Waals surface area (Å²) in [6, 6.07) is 11.1. The number of ether oxygens (including phenoxy) is 1. The predicted octanol–water partition coefficient (Wildman–Crippen LogP) is 5.01. The Labute approximate surface area is 155 Å². The van der Waals surface area contributed by atoms with E-state index in [1.54, 1.807) is 12.1 Å². The normalized spacial score (nSPS) is 12.3. The number of hydrogen-bond donors (Lipinski definition) is 1. The van der Waals surface area contributed by atoms with E-state index in [0.29, 0.717) is 17.7 Å². The number of carbonyl (C=O) groups is 2. The fraction of sp³-hybridized carbons (Fsp3) is 0.300. The number of nitrogens with one attached hydrogen (secondary N) is 1. The smallest absolute Gasteiger partial charge is 0.416 e. The van der Waals surface area contributed by atoms with E-state index in [1.807, 2.05) is 12.1 Å². The molecule has 0 aromatic heterocycles. The number of esters is 1. The second-order valence-corrected chi connectivity index (χ2v) is 6.13. The first kappa shape index (κ1) is 20.5. The minimum atomic E-state index is -4.56. The van der Waals surface area contributed by atoms with E-state index in [-0.39, 0.29) is 5.56 Å². The second-order valence-electron chi connectivity index (χ2n) is 6.13. The van der Waals surface area contributed by atoms with E-state index in [0.717, 1.165) is 24.1 Å². The molecule has 0 fully saturated rings. The number of hydrogen-bond acceptors (Lipinski definition) is 3. The van der Waals surface area contributed by atoms with Crippen LogP contribution in [0.25, 0.3) is 0 Å². The fourth-order valence-corrected chi connectivity index (χ4v) is 2.36. The van der Waals surface area contributed by atoms with Crippen LogP contribution in [0.1, 0.15) is 47.7 Å². The monoisotopic (exact) mass is 379 g/mol. The molecule has 0 bridgehead atoms. The first-order valence-electron chi connectivity index (χ1n) is 8.45. The summed E-state index contributed by atoms with van der Waals surface area (Å²) >= 11 is 0. The van der Waals surface area contributed by atoms with Gasteiger partial charge in [0, 0.05) is 5.69 Å². The molecule has 27 heavy (non-hydrogen) atoms. The van der Waals surface area contributed by atoms with Crippen molar-refractivity contribution in [3.05, 3.63) is 65.2 Å². The largest absolute Gasteiger partial charge is 0.452 e. The maximum atomic E-state index is 12.7. The minimum absolute atomic E-state index is 0.268. The number of alkyl halides is 3. The zero-order valence-corrected chi connectivity index (χ0v) is 15.0. The van der Waals surface area contributed by atoms with Crippen LogP contribution in [0.15, 0.2) is 48.5 Å². The average Bonchev–Trinajstić information content (AvgIpc) is 2.65. The maximum Gasteiger partial charge on any atom is 0.416 e. The average molecular weight is 379 g/mol. The first-order valence-corrected chi connectivity index (χ1v) is 8.45. The first-order chi connectivity index (χ1) is 12.7. The number of anilines is 1. The van der Waals surface area contributed by atoms with Gasteiger partial charge >= 0.3 is 12.1 Å². The lowest BCUT2D eigenvalue weighted by Crippen LogP contribution is -2.21. The van der Waals surface area contributed by atoms with Crippen molar-refractivity contribution in [3.63, 3.8) is 0 Å². The summed E-state index contributed by atoms with van der Waals surface area (Å²) in [7, 11) is 0. The molecule has 1 amide bonds. The molecule has 7 heteroatoms. The van der Waals surface area contributed by atoms with Crippen LogP contribution in [0, 0.1) is 0 Å². The van der Waals surface area contributed by atoms with E-state index in [2.05, 4.69) is 19.2 Å². The van der Waals surface area contributed by atoms with Gasteiger partial charge in [-0.05, 0) is 48.2 Å². The Morgan fingerprint density at radius 2 is 1.78 bits per heavy atom. The third-order valence-corrected chi connectivity index (χ3v) is 4.14. The quantitative estimate of drug-likeness (QED) is 0.718. The molecular weight excluding hydrogens is 359 g/mol. The molecule has 2 aromatic carbocycles. The number of amides is 1. The topological polar surface area (TPSA) is 55.4 Å². The molecule has 0 heterocycles. The Kier molecular flexibility index (Phi) is 6.60. The van der Waals surface area contributed by atoms with Gasteiger partial charge in [0.15, 0.2) is 6.61 Å². The van der Waals surface area contributed by atoms with Crippen molar-refractivity contribution in [2.75, 3.05) is 11.9 Å². The van der Waals surface area contributed by atoms with Gasteiger partial charge in [-0.3, -0.25) is 4.79 Å². The van der Waals surface area contributed by atoms with Crippen molar-refractivity contribution < 1.29 is 27.5 Å². The van der Waals surface area contributed by atoms with Crippen molar-refractivity contribution in [3.8, 4) is 0 Å². The fourth-order valence-electron chi connectivity index (χ4n) is 2.36. The predicted molar refractivity (Wildman–Crippen MR) is 95.5 cm³/mol. The summed E-state index contributed by atoms with van der Waals surface area (Å²) < 4.78 is 42.8. The van der Waals surface area contributed by atoms with Crippen molar-refractivity contribution in [1.29, 1.82) is 0 Å². The zero-order valence-electron chi connectivity index (χ0n) is 15.0. The lowest BCUT2D eigenvalue weighted by Gasteiger charge is -2.11. The van der Waals surface area contributed by atoms with Crippen LogP contribution >= 0.6 is 0 Å². The molecule has 1 N–H and O–H groups in total. The Hall–Kier alpha value is -2.83. The number of carbonyl (C=O) groups excluding carboxylic acids is 2. The molecule has 0 unspecified atom stereocenters. The van der Waals surface area contributed by atoms with Crippen LogP contribution < -0.4 is 5.32 Å². The van der Waals surface area contributed by atoms with Crippen LogP contribution in [0.4, 0.5) is 18.9 Å². The lowest BCUT2D eigenvalue weighted by atomic mass is 9.99. The van der Waals surface area contributed by atoms with Crippen LogP contribution in [0.2, 0.25) is 0 Å². The molecule has 0 aliphatic carbocycles. The van der Waals surface area contributed by atoms with Crippen LogP contribution in [-0.4, -0.2) is 18.5 Å². The molecule has 0 aliphatic rings. The van der Waals surface area contributed by atoms with Gasteiger partial charge in [0.05, 0.1) is 11.1 Å². The van der Waals surface area contributed by atoms with Crippen molar-refractivity contribution in [2.45, 2.75) is 32.4 Å². The van der Waals surface area contributed by atoms with E-state index >= 15 is 0 Å². The van der Waals surface area contributed by atoms with Gasteiger partial charge in [-0.2, -0.15) is 13.2 Å². The summed E-state index contributed by atoms with van der Waals surface area (Å²) in [5.74, 6) is -1.17. The number of benzene rings is 2. The standard InChI is InChI=1S/C20H20F3NO3/c1-3-13(2)14-7-9-17(10-8-14)24-18(25)12-27-19(26)15-5-4-6-16(11-15)20(21,22)23/h4-11,13H,3,12H2,1-2H3,(H,24,25)/t13-/m0/s1. The molecule has 144 valence electrons. The molecule has 2 aromatic rings. The molecule has 0 saturated carbocycles. The second kappa shape index (κ2) is 8.70. The highest BCUT2D eigenvalue weighted by molar-refractivity contribution is 5.95. The third kappa shape index (κ3) is 5.84. The Balaban J connectivity index is 1.91. The molecule has 1 atom stereocenters. The third-order valence-electron chi connectivity index (χ3n) is 4.14. The van der Waals surface area contributed by atoms with E-state index < -0.39 is 30.2 Å². The SMILES string of the molecule is CC[C@H](C)c1ccc(NC(=O)COC(=O)c2cccc(C(F)(F)F)c2)cc1. The zero-order chi connectivity index (χ0) is 20.0. The van der Waals surface area contributed by atoms with Gasteiger partial charge < -0.3 is 10.1 Å². The minimum Gasteiger partial charge on any atom is -0.452 e. The van der Waals surface area contributed by atoms with Gasteiger partial charge in [-0.15, -0.1) is 0 Å². The van der Waals surface area contributed by atoms with Gasteiger partial charge in [0.1, 0.15) is 0 Å². The van der Waals surface area contributed by atoms with Gasteiger partial charge in [-0.1, -0.05) is 32.0 Å². The molecular formula is C20H20F3NO3. The molecule has 0 aliphatic heterocycles. The Morgan fingerprint density at radius 1 is 1.11 bits per heavy atom. The summed E-state index contributed by atoms with van der Waals surface area (Å²) in [6.45, 7) is 3.59. The summed E-state index contributed by atoms with van der Waals surface area (Å²) in [4.78, 5) is 23.7. The van der Waals surface area contributed by atoms with Crippen LogP contribution in [0.3, 0.4) is 0 Å². The Morgan fingerprint density at radius 3 is 2.37 bits per heavy atom. The lowest BCUT2D eigenvalue weighted by molar-refractivity contribution is -0.137. The maximum absolute atomic E-state index is 12.7. The summed E-state index contributed by atoms with van der Waals surface area (Å²) in [5, 5.41) is 2.57. The molecule has 0 spiro atoms. The van der Waals surface area contributed by atoms with Crippen molar-refractivity contribution in [1.82, 2.24) is 0 Å². The van der Waals surface area contributed by atoms with Crippen LogP contribution in [-0.2, 0) is 15.7 Å². The number of halogens is 3. The van der Waals surface area contributed by atoms with Crippen molar-refractivity contribution in [2.24, 2.45) is 0 Å².